The van der Waals surface area contributed by atoms with Crippen LogP contribution in [0.4, 0.5) is 5.69 Å². The van der Waals surface area contributed by atoms with E-state index in [0.717, 1.165) is 47.5 Å². The van der Waals surface area contributed by atoms with Gasteiger partial charge >= 0.3 is 5.97 Å². The summed E-state index contributed by atoms with van der Waals surface area (Å²) in [6.45, 7) is 5.54. The molecule has 0 unspecified atom stereocenters. The van der Waals surface area contributed by atoms with Gasteiger partial charge in [-0.3, -0.25) is 9.78 Å². The van der Waals surface area contributed by atoms with Crippen LogP contribution in [-0.4, -0.2) is 39.4 Å². The van der Waals surface area contributed by atoms with Crippen LogP contribution in [0.15, 0.2) is 60.7 Å². The number of rotatable bonds is 16. The van der Waals surface area contributed by atoms with Gasteiger partial charge in [0.05, 0.1) is 23.4 Å². The minimum absolute atomic E-state index is 0.0869. The average molecular weight is 533 g/mol. The second-order valence-electron chi connectivity index (χ2n) is 9.81. The molecule has 7 nitrogen and oxygen atoms in total. The second kappa shape index (κ2) is 14.9. The number of benzene rings is 2. The van der Waals surface area contributed by atoms with Gasteiger partial charge in [-0.1, -0.05) is 44.2 Å². The largest absolute Gasteiger partial charge is 0.504 e. The maximum absolute atomic E-state index is 11.7. The molecule has 0 fully saturated rings. The number of aromatic nitrogens is 1. The molecule has 0 aliphatic carbocycles. The lowest BCUT2D eigenvalue weighted by molar-refractivity contribution is -0.149. The Balaban J connectivity index is 1.44. The number of pyridine rings is 1. The van der Waals surface area contributed by atoms with Gasteiger partial charge in [0, 0.05) is 18.8 Å². The van der Waals surface area contributed by atoms with E-state index in [1.807, 2.05) is 74.5 Å². The number of anilines is 1. The molecule has 1 heterocycles. The monoisotopic (exact) mass is 532 g/mol. The number of ether oxygens (including phenoxy) is 1. The molecule has 0 atom stereocenters. The number of carbonyl (C=O) groups is 1. The molecule has 0 radical (unpaired) electrons. The standard InChI is InChI=1S/C32H40N2O5/c1-3-32(4-2,31(37)38)18-19-33-27-12-7-10-24(21-27)14-16-26-11-8-13-28(34-26)23-39-20-6-5-9-25-15-17-29(35)30(36)22-25/h7-8,10-17,21-22,33,35-36H,3-6,9,18-20,23H2,1-2H3,(H,37,38). The van der Waals surface area contributed by atoms with Crippen LogP contribution < -0.4 is 5.32 Å². The summed E-state index contributed by atoms with van der Waals surface area (Å²) >= 11 is 0. The number of carboxylic acids is 1. The molecule has 3 rings (SSSR count). The summed E-state index contributed by atoms with van der Waals surface area (Å²) in [7, 11) is 0. The maximum Gasteiger partial charge on any atom is 0.309 e. The number of nitrogens with one attached hydrogen (secondary N) is 1. The zero-order valence-electron chi connectivity index (χ0n) is 22.9. The van der Waals surface area contributed by atoms with E-state index in [1.54, 1.807) is 6.07 Å². The number of carboxylic acid groups (broad SMARTS) is 1. The van der Waals surface area contributed by atoms with Crippen LogP contribution in [0, 0.1) is 5.41 Å². The summed E-state index contributed by atoms with van der Waals surface area (Å²) < 4.78 is 5.81. The van der Waals surface area contributed by atoms with Crippen molar-refractivity contribution in [2.24, 2.45) is 5.41 Å². The van der Waals surface area contributed by atoms with Gasteiger partial charge in [-0.25, -0.2) is 0 Å². The van der Waals surface area contributed by atoms with Gasteiger partial charge in [-0.15, -0.1) is 0 Å². The van der Waals surface area contributed by atoms with E-state index >= 15 is 0 Å². The Bertz CT molecular complexity index is 1240. The normalized spacial score (nSPS) is 11.6. The van der Waals surface area contributed by atoms with Gasteiger partial charge in [0.2, 0.25) is 0 Å². The molecule has 0 spiro atoms. The molecular weight excluding hydrogens is 492 g/mol. The van der Waals surface area contributed by atoms with E-state index in [2.05, 4.69) is 10.3 Å². The van der Waals surface area contributed by atoms with Crippen molar-refractivity contribution >= 4 is 23.8 Å². The zero-order chi connectivity index (χ0) is 28.1. The summed E-state index contributed by atoms with van der Waals surface area (Å²) in [6, 6.07) is 18.8. The molecule has 1 aromatic heterocycles. The van der Waals surface area contributed by atoms with Crippen LogP contribution in [-0.2, 0) is 22.6 Å². The molecule has 0 aliphatic rings. The van der Waals surface area contributed by atoms with Gasteiger partial charge in [-0.2, -0.15) is 0 Å². The van der Waals surface area contributed by atoms with Crippen LogP contribution in [0.1, 0.15) is 68.5 Å². The minimum Gasteiger partial charge on any atom is -0.504 e. The molecule has 4 N–H and O–H groups in total. The van der Waals surface area contributed by atoms with Crippen molar-refractivity contribution in [3.05, 3.63) is 83.2 Å². The van der Waals surface area contributed by atoms with Crippen molar-refractivity contribution in [3.8, 4) is 11.5 Å². The molecule has 0 aliphatic heterocycles. The number of phenols is 2. The Morgan fingerprint density at radius 1 is 0.974 bits per heavy atom. The molecule has 208 valence electrons. The smallest absolute Gasteiger partial charge is 0.309 e. The van der Waals surface area contributed by atoms with E-state index in [1.165, 1.54) is 6.07 Å². The topological polar surface area (TPSA) is 112 Å². The Labute approximate surface area is 231 Å². The summed E-state index contributed by atoms with van der Waals surface area (Å²) in [5.74, 6) is -0.910. The van der Waals surface area contributed by atoms with Crippen LogP contribution in [0.25, 0.3) is 12.2 Å². The molecular formula is C32H40N2O5. The maximum atomic E-state index is 11.7. The number of phenolic OH excluding ortho intramolecular Hbond substituents is 2. The van der Waals surface area contributed by atoms with E-state index < -0.39 is 11.4 Å². The number of aryl methyl sites for hydroxylation is 1. The SMILES string of the molecule is CCC(CC)(CCNc1cccc(C=Cc2cccc(COCCCCc3ccc(O)c(O)c3)n2)c1)C(=O)O. The minimum atomic E-state index is -0.723. The number of aliphatic carboxylic acids is 1. The lowest BCUT2D eigenvalue weighted by Crippen LogP contribution is -2.31. The lowest BCUT2D eigenvalue weighted by atomic mass is 9.79. The molecule has 3 aromatic rings. The molecule has 0 saturated carbocycles. The predicted octanol–water partition coefficient (Wildman–Crippen LogP) is 6.90. The van der Waals surface area contributed by atoms with Crippen LogP contribution in [0.2, 0.25) is 0 Å². The second-order valence-corrected chi connectivity index (χ2v) is 9.81. The van der Waals surface area contributed by atoms with Gasteiger partial charge in [0.25, 0.3) is 0 Å². The Morgan fingerprint density at radius 3 is 2.51 bits per heavy atom. The average Bonchev–Trinajstić information content (AvgIpc) is 2.94. The third-order valence-corrected chi connectivity index (χ3v) is 7.20. The predicted molar refractivity (Wildman–Crippen MR) is 156 cm³/mol. The highest BCUT2D eigenvalue weighted by molar-refractivity contribution is 5.74. The van der Waals surface area contributed by atoms with Crippen LogP contribution in [0.5, 0.6) is 11.5 Å². The van der Waals surface area contributed by atoms with Gasteiger partial charge in [0.1, 0.15) is 0 Å². The lowest BCUT2D eigenvalue weighted by Gasteiger charge is -2.26. The van der Waals surface area contributed by atoms with E-state index in [-0.39, 0.29) is 11.5 Å². The fourth-order valence-electron chi connectivity index (χ4n) is 4.50. The fourth-order valence-corrected chi connectivity index (χ4v) is 4.50. The summed E-state index contributed by atoms with van der Waals surface area (Å²) in [5, 5.41) is 32.0. The summed E-state index contributed by atoms with van der Waals surface area (Å²) in [4.78, 5) is 16.4. The first-order valence-electron chi connectivity index (χ1n) is 13.6. The third-order valence-electron chi connectivity index (χ3n) is 7.20. The molecule has 2 aromatic carbocycles. The number of hydrogen-bond donors (Lipinski definition) is 4. The first kappa shape index (κ1) is 29.7. The van der Waals surface area contributed by atoms with Crippen molar-refractivity contribution in [2.45, 2.75) is 59.0 Å². The first-order valence-corrected chi connectivity index (χ1v) is 13.6. The molecule has 7 heteroatoms. The highest BCUT2D eigenvalue weighted by Crippen LogP contribution is 2.31. The van der Waals surface area contributed by atoms with Gasteiger partial charge in [0.15, 0.2) is 11.5 Å². The van der Waals surface area contributed by atoms with Crippen molar-refractivity contribution in [3.63, 3.8) is 0 Å². The van der Waals surface area contributed by atoms with Crippen molar-refractivity contribution in [1.82, 2.24) is 4.98 Å². The number of unbranched alkanes of at least 4 members (excludes halogenated alkanes) is 1. The summed E-state index contributed by atoms with van der Waals surface area (Å²) in [5.41, 5.74) is 4.01. The van der Waals surface area contributed by atoms with E-state index in [0.29, 0.717) is 39.0 Å². The quantitative estimate of drug-likeness (QED) is 0.117. The molecule has 0 bridgehead atoms. The van der Waals surface area contributed by atoms with E-state index in [9.17, 15) is 20.1 Å². The van der Waals surface area contributed by atoms with Crippen molar-refractivity contribution < 1.29 is 24.9 Å². The molecule has 0 amide bonds. The number of hydrogen-bond acceptors (Lipinski definition) is 6. The summed E-state index contributed by atoms with van der Waals surface area (Å²) in [6.07, 6.45) is 8.43. The zero-order valence-corrected chi connectivity index (χ0v) is 22.9. The Morgan fingerprint density at radius 2 is 1.77 bits per heavy atom. The van der Waals surface area contributed by atoms with Crippen LogP contribution in [0.3, 0.4) is 0 Å². The number of nitrogens with zero attached hydrogens (tertiary/aromatic N) is 1. The molecule has 0 saturated heterocycles. The first-order chi connectivity index (χ1) is 18.8. The van der Waals surface area contributed by atoms with Crippen molar-refractivity contribution in [1.29, 1.82) is 0 Å². The third kappa shape index (κ3) is 9.14. The highest BCUT2D eigenvalue weighted by atomic mass is 16.5. The van der Waals surface area contributed by atoms with Gasteiger partial charge < -0.3 is 25.4 Å². The Kier molecular flexibility index (Phi) is 11.4. The molecule has 39 heavy (non-hydrogen) atoms. The highest BCUT2D eigenvalue weighted by Gasteiger charge is 2.34. The van der Waals surface area contributed by atoms with Crippen molar-refractivity contribution in [2.75, 3.05) is 18.5 Å². The fraction of sp³-hybridized carbons (Fsp3) is 0.375. The van der Waals surface area contributed by atoms with Crippen LogP contribution >= 0.6 is 0 Å². The number of aromatic hydroxyl groups is 2. The van der Waals surface area contributed by atoms with Gasteiger partial charge in [-0.05, 0) is 92.1 Å². The Hall–Kier alpha value is -3.84. The van der Waals surface area contributed by atoms with E-state index in [4.69, 9.17) is 4.74 Å².